The maximum atomic E-state index is 12.7. The van der Waals surface area contributed by atoms with Crippen LogP contribution >= 0.6 is 23.7 Å². The van der Waals surface area contributed by atoms with Gasteiger partial charge in [-0.25, -0.2) is 0 Å². The highest BCUT2D eigenvalue weighted by Gasteiger charge is 2.29. The van der Waals surface area contributed by atoms with E-state index in [2.05, 4.69) is 5.32 Å². The van der Waals surface area contributed by atoms with Gasteiger partial charge in [0.05, 0.1) is 7.11 Å². The second-order valence-electron chi connectivity index (χ2n) is 5.88. The number of rotatable bonds is 5. The van der Waals surface area contributed by atoms with Crippen molar-refractivity contribution < 1.29 is 9.53 Å². The highest BCUT2D eigenvalue weighted by Crippen LogP contribution is 2.36. The molecule has 0 aliphatic heterocycles. The summed E-state index contributed by atoms with van der Waals surface area (Å²) >= 11 is 1.47. The zero-order chi connectivity index (χ0) is 16.2. The van der Waals surface area contributed by atoms with Crippen LogP contribution in [0.5, 0.6) is 5.75 Å². The molecule has 4 nitrogen and oxygen atoms in total. The minimum absolute atomic E-state index is 0. The van der Waals surface area contributed by atoms with Crippen LogP contribution in [-0.4, -0.2) is 25.6 Å². The fourth-order valence-corrected chi connectivity index (χ4v) is 4.21. The first kappa shape index (κ1) is 18.8. The number of amides is 1. The van der Waals surface area contributed by atoms with Gasteiger partial charge < -0.3 is 15.8 Å². The third kappa shape index (κ3) is 3.91. The molecule has 2 aromatic rings. The van der Waals surface area contributed by atoms with Crippen LogP contribution < -0.4 is 15.8 Å². The molecule has 130 valence electrons. The third-order valence-electron chi connectivity index (χ3n) is 4.46. The number of carbonyl (C=O) groups excluding carboxylic acids is 1. The molecule has 0 spiro atoms. The monoisotopic (exact) mass is 366 g/mol. The molecule has 1 aliphatic carbocycles. The number of nitrogens with one attached hydrogen (secondary N) is 1. The van der Waals surface area contributed by atoms with Crippen LogP contribution in [0.25, 0.3) is 10.4 Å². The van der Waals surface area contributed by atoms with Gasteiger partial charge in [0.15, 0.2) is 0 Å². The zero-order valence-corrected chi connectivity index (χ0v) is 15.3. The van der Waals surface area contributed by atoms with Gasteiger partial charge in [-0.15, -0.1) is 23.7 Å². The molecule has 2 unspecified atom stereocenters. The van der Waals surface area contributed by atoms with Crippen LogP contribution in [0.15, 0.2) is 36.4 Å². The van der Waals surface area contributed by atoms with E-state index in [0.29, 0.717) is 23.1 Å². The van der Waals surface area contributed by atoms with Gasteiger partial charge in [-0.1, -0.05) is 36.8 Å². The van der Waals surface area contributed by atoms with Gasteiger partial charge in [0.2, 0.25) is 0 Å². The number of halogens is 1. The Morgan fingerprint density at radius 3 is 2.75 bits per heavy atom. The predicted octanol–water partition coefficient (Wildman–Crippen LogP) is 3.70. The minimum Gasteiger partial charge on any atom is -0.495 e. The first-order valence-corrected chi connectivity index (χ1v) is 8.78. The van der Waals surface area contributed by atoms with E-state index >= 15 is 0 Å². The Morgan fingerprint density at radius 1 is 1.33 bits per heavy atom. The summed E-state index contributed by atoms with van der Waals surface area (Å²) in [7, 11) is 1.60. The van der Waals surface area contributed by atoms with Crippen molar-refractivity contribution in [3.05, 3.63) is 41.3 Å². The van der Waals surface area contributed by atoms with Gasteiger partial charge in [-0.05, 0) is 36.9 Å². The van der Waals surface area contributed by atoms with Crippen molar-refractivity contribution >= 4 is 29.7 Å². The second kappa shape index (κ2) is 8.51. The van der Waals surface area contributed by atoms with Crippen LogP contribution in [0.1, 0.15) is 28.9 Å². The van der Waals surface area contributed by atoms with Crippen molar-refractivity contribution in [3.8, 4) is 16.2 Å². The lowest BCUT2D eigenvalue weighted by atomic mass is 10.0. The van der Waals surface area contributed by atoms with E-state index in [4.69, 9.17) is 10.5 Å². The fraction of sp³-hybridized carbons (Fsp3) is 0.389. The number of methoxy groups -OCH3 is 1. The first-order chi connectivity index (χ1) is 11.2. The van der Waals surface area contributed by atoms with E-state index in [0.717, 1.165) is 29.7 Å². The third-order valence-corrected chi connectivity index (χ3v) is 5.62. The topological polar surface area (TPSA) is 64.3 Å². The number of benzene rings is 1. The molecule has 1 saturated carbocycles. The molecule has 6 heteroatoms. The van der Waals surface area contributed by atoms with E-state index in [1.165, 1.54) is 11.3 Å². The molecule has 1 amide bonds. The molecule has 0 bridgehead atoms. The van der Waals surface area contributed by atoms with Crippen LogP contribution in [0.2, 0.25) is 0 Å². The highest BCUT2D eigenvalue weighted by atomic mass is 35.5. The lowest BCUT2D eigenvalue weighted by molar-refractivity contribution is 0.0930. The molecule has 1 heterocycles. The Morgan fingerprint density at radius 2 is 2.08 bits per heavy atom. The van der Waals surface area contributed by atoms with Crippen molar-refractivity contribution in [2.75, 3.05) is 13.7 Å². The van der Waals surface area contributed by atoms with E-state index in [-0.39, 0.29) is 24.4 Å². The number of carbonyl (C=O) groups is 1. The second-order valence-corrected chi connectivity index (χ2v) is 6.93. The van der Waals surface area contributed by atoms with Crippen LogP contribution in [-0.2, 0) is 0 Å². The largest absolute Gasteiger partial charge is 0.495 e. The molecule has 1 fully saturated rings. The van der Waals surface area contributed by atoms with E-state index in [9.17, 15) is 4.79 Å². The maximum absolute atomic E-state index is 12.7. The van der Waals surface area contributed by atoms with Crippen LogP contribution in [0.3, 0.4) is 0 Å². The van der Waals surface area contributed by atoms with Crippen molar-refractivity contribution in [1.29, 1.82) is 0 Å². The molecule has 3 N–H and O–H groups in total. The molecular weight excluding hydrogens is 344 g/mol. The summed E-state index contributed by atoms with van der Waals surface area (Å²) in [5.74, 6) is 0.964. The van der Waals surface area contributed by atoms with E-state index in [1.807, 2.05) is 36.4 Å². The normalized spacial score (nSPS) is 19.6. The SMILES string of the molecule is COc1cc(-c2ccccc2)sc1C(=O)NC1CCCC1CN.Cl. The molecule has 0 radical (unpaired) electrons. The molecule has 2 atom stereocenters. The summed E-state index contributed by atoms with van der Waals surface area (Å²) < 4.78 is 5.41. The minimum atomic E-state index is -0.0561. The molecule has 0 saturated heterocycles. The number of nitrogens with two attached hydrogens (primary N) is 1. The van der Waals surface area contributed by atoms with Crippen molar-refractivity contribution in [3.63, 3.8) is 0 Å². The molecule has 24 heavy (non-hydrogen) atoms. The Bertz CT molecular complexity index is 675. The maximum Gasteiger partial charge on any atom is 0.265 e. The first-order valence-electron chi connectivity index (χ1n) is 7.97. The molecule has 1 aromatic carbocycles. The lowest BCUT2D eigenvalue weighted by Gasteiger charge is -2.19. The van der Waals surface area contributed by atoms with Gasteiger partial charge in [-0.2, -0.15) is 0 Å². The summed E-state index contributed by atoms with van der Waals surface area (Å²) in [6.45, 7) is 0.627. The highest BCUT2D eigenvalue weighted by molar-refractivity contribution is 7.17. The zero-order valence-electron chi connectivity index (χ0n) is 13.7. The Balaban J connectivity index is 0.00000208. The van der Waals surface area contributed by atoms with Crippen LogP contribution in [0, 0.1) is 5.92 Å². The molecular formula is C18H23ClN2O2S. The Kier molecular flexibility index (Phi) is 6.66. The summed E-state index contributed by atoms with van der Waals surface area (Å²) in [6, 6.07) is 12.2. The van der Waals surface area contributed by atoms with Gasteiger partial charge in [0.1, 0.15) is 10.6 Å². The van der Waals surface area contributed by atoms with Gasteiger partial charge >= 0.3 is 0 Å². The molecule has 1 aromatic heterocycles. The van der Waals surface area contributed by atoms with E-state index in [1.54, 1.807) is 7.11 Å². The fourth-order valence-electron chi connectivity index (χ4n) is 3.17. The summed E-state index contributed by atoms with van der Waals surface area (Å²) in [5.41, 5.74) is 6.89. The predicted molar refractivity (Wildman–Crippen MR) is 101 cm³/mol. The number of hydrogen-bond acceptors (Lipinski definition) is 4. The summed E-state index contributed by atoms with van der Waals surface area (Å²) in [5, 5.41) is 3.15. The Labute approximate surface area is 152 Å². The average Bonchev–Trinajstić information content (AvgIpc) is 3.21. The smallest absolute Gasteiger partial charge is 0.265 e. The standard InChI is InChI=1S/C18H22N2O2S.ClH/c1-22-15-10-16(12-6-3-2-4-7-12)23-17(15)18(21)20-14-9-5-8-13(14)11-19;/h2-4,6-7,10,13-14H,5,8-9,11,19H2,1H3,(H,20,21);1H. The Hall–Kier alpha value is -1.56. The number of thiophene rings is 1. The lowest BCUT2D eigenvalue weighted by Crippen LogP contribution is -2.39. The summed E-state index contributed by atoms with van der Waals surface area (Å²) in [6.07, 6.45) is 3.23. The van der Waals surface area contributed by atoms with Gasteiger partial charge in [-0.3, -0.25) is 4.79 Å². The molecule has 3 rings (SSSR count). The van der Waals surface area contributed by atoms with Crippen molar-refractivity contribution in [2.24, 2.45) is 11.7 Å². The van der Waals surface area contributed by atoms with Crippen molar-refractivity contribution in [1.82, 2.24) is 5.32 Å². The quantitative estimate of drug-likeness (QED) is 0.847. The van der Waals surface area contributed by atoms with Gasteiger partial charge in [0.25, 0.3) is 5.91 Å². The average molecular weight is 367 g/mol. The van der Waals surface area contributed by atoms with E-state index < -0.39 is 0 Å². The van der Waals surface area contributed by atoms with Gasteiger partial charge in [0, 0.05) is 10.9 Å². The number of hydrogen-bond donors (Lipinski definition) is 2. The van der Waals surface area contributed by atoms with Crippen molar-refractivity contribution in [2.45, 2.75) is 25.3 Å². The number of ether oxygens (including phenoxy) is 1. The summed E-state index contributed by atoms with van der Waals surface area (Å²) in [4.78, 5) is 14.3. The van der Waals surface area contributed by atoms with Crippen LogP contribution in [0.4, 0.5) is 0 Å². The molecule has 1 aliphatic rings.